The van der Waals surface area contributed by atoms with Gasteiger partial charge < -0.3 is 14.6 Å². The Labute approximate surface area is 101 Å². The molecule has 0 aromatic carbocycles. The highest BCUT2D eigenvalue weighted by Crippen LogP contribution is 2.22. The summed E-state index contributed by atoms with van der Waals surface area (Å²) >= 11 is 0. The van der Waals surface area contributed by atoms with Crippen molar-refractivity contribution < 1.29 is 9.26 Å². The molecule has 3 heterocycles. The molecule has 5 heteroatoms. The summed E-state index contributed by atoms with van der Waals surface area (Å²) in [7, 11) is 0. The highest BCUT2D eigenvalue weighted by molar-refractivity contribution is 4.97. The third kappa shape index (κ3) is 2.66. The van der Waals surface area contributed by atoms with Crippen LogP contribution in [0.25, 0.3) is 0 Å². The van der Waals surface area contributed by atoms with Crippen LogP contribution in [0.3, 0.4) is 0 Å². The van der Waals surface area contributed by atoms with Crippen LogP contribution in [0.4, 0.5) is 0 Å². The summed E-state index contributed by atoms with van der Waals surface area (Å²) in [6, 6.07) is 0. The van der Waals surface area contributed by atoms with Gasteiger partial charge in [-0.3, -0.25) is 0 Å². The van der Waals surface area contributed by atoms with Crippen molar-refractivity contribution in [3.63, 3.8) is 0 Å². The van der Waals surface area contributed by atoms with Gasteiger partial charge in [-0.05, 0) is 32.2 Å². The van der Waals surface area contributed by atoms with Gasteiger partial charge in [0.05, 0.1) is 12.0 Å². The first-order valence-corrected chi connectivity index (χ1v) is 6.56. The van der Waals surface area contributed by atoms with Crippen molar-refractivity contribution in [2.45, 2.75) is 44.1 Å². The van der Waals surface area contributed by atoms with Crippen molar-refractivity contribution in [3.8, 4) is 0 Å². The molecule has 2 aliphatic rings. The minimum absolute atomic E-state index is 0.296. The minimum atomic E-state index is 0.296. The van der Waals surface area contributed by atoms with E-state index in [1.165, 1.54) is 6.42 Å². The average molecular weight is 237 g/mol. The fourth-order valence-electron chi connectivity index (χ4n) is 2.59. The fourth-order valence-corrected chi connectivity index (χ4v) is 2.59. The van der Waals surface area contributed by atoms with Crippen molar-refractivity contribution in [2.24, 2.45) is 0 Å². The van der Waals surface area contributed by atoms with Gasteiger partial charge in [-0.25, -0.2) is 0 Å². The van der Waals surface area contributed by atoms with E-state index in [1.807, 2.05) is 0 Å². The first kappa shape index (κ1) is 11.2. The van der Waals surface area contributed by atoms with E-state index in [4.69, 9.17) is 9.26 Å². The Kier molecular flexibility index (Phi) is 3.38. The Morgan fingerprint density at radius 1 is 1.29 bits per heavy atom. The monoisotopic (exact) mass is 237 g/mol. The van der Waals surface area contributed by atoms with Gasteiger partial charge in [-0.15, -0.1) is 0 Å². The zero-order valence-electron chi connectivity index (χ0n) is 10.0. The van der Waals surface area contributed by atoms with Gasteiger partial charge >= 0.3 is 0 Å². The van der Waals surface area contributed by atoms with E-state index >= 15 is 0 Å². The molecule has 0 saturated carbocycles. The SMILES string of the molecule is C1COC(Cc2noc([C@H]3CCCNC3)n2)C1. The van der Waals surface area contributed by atoms with Crippen LogP contribution in [-0.2, 0) is 11.2 Å². The number of rotatable bonds is 3. The Balaban J connectivity index is 1.60. The van der Waals surface area contributed by atoms with E-state index in [9.17, 15) is 0 Å². The van der Waals surface area contributed by atoms with Gasteiger partial charge in [0.15, 0.2) is 5.82 Å². The number of ether oxygens (including phenoxy) is 1. The lowest BCUT2D eigenvalue weighted by atomic mass is 10.00. The molecule has 1 aromatic heterocycles. The molecule has 0 spiro atoms. The normalized spacial score (nSPS) is 29.6. The van der Waals surface area contributed by atoms with E-state index in [-0.39, 0.29) is 0 Å². The predicted molar refractivity (Wildman–Crippen MR) is 61.8 cm³/mol. The lowest BCUT2D eigenvalue weighted by Gasteiger charge is -2.18. The number of hydrogen-bond donors (Lipinski definition) is 1. The van der Waals surface area contributed by atoms with E-state index in [2.05, 4.69) is 15.5 Å². The maximum atomic E-state index is 5.58. The summed E-state index contributed by atoms with van der Waals surface area (Å²) < 4.78 is 10.9. The van der Waals surface area contributed by atoms with Crippen molar-refractivity contribution in [1.82, 2.24) is 15.5 Å². The molecule has 1 aromatic rings. The molecular weight excluding hydrogens is 218 g/mol. The van der Waals surface area contributed by atoms with Crippen LogP contribution in [0.15, 0.2) is 4.52 Å². The molecule has 2 fully saturated rings. The molecule has 17 heavy (non-hydrogen) atoms. The summed E-state index contributed by atoms with van der Waals surface area (Å²) in [6.07, 6.45) is 5.70. The molecule has 2 aliphatic heterocycles. The number of piperidine rings is 1. The average Bonchev–Trinajstić information content (AvgIpc) is 3.02. The van der Waals surface area contributed by atoms with Crippen LogP contribution in [0.2, 0.25) is 0 Å². The molecular formula is C12H19N3O2. The molecule has 1 unspecified atom stereocenters. The summed E-state index contributed by atoms with van der Waals surface area (Å²) in [5, 5.41) is 7.42. The van der Waals surface area contributed by atoms with Crippen LogP contribution in [0.5, 0.6) is 0 Å². The Hall–Kier alpha value is -0.940. The maximum absolute atomic E-state index is 5.58. The van der Waals surface area contributed by atoms with E-state index < -0.39 is 0 Å². The van der Waals surface area contributed by atoms with Crippen molar-refractivity contribution in [1.29, 1.82) is 0 Å². The molecule has 3 rings (SSSR count). The summed E-state index contributed by atoms with van der Waals surface area (Å²) in [4.78, 5) is 4.50. The van der Waals surface area contributed by atoms with Crippen molar-refractivity contribution in [2.75, 3.05) is 19.7 Å². The smallest absolute Gasteiger partial charge is 0.231 e. The lowest BCUT2D eigenvalue weighted by Crippen LogP contribution is -2.28. The molecule has 2 saturated heterocycles. The van der Waals surface area contributed by atoms with Gasteiger partial charge in [0.2, 0.25) is 5.89 Å². The van der Waals surface area contributed by atoms with Crippen LogP contribution in [0, 0.1) is 0 Å². The molecule has 94 valence electrons. The minimum Gasteiger partial charge on any atom is -0.378 e. The first-order valence-electron chi connectivity index (χ1n) is 6.56. The quantitative estimate of drug-likeness (QED) is 0.857. The zero-order chi connectivity index (χ0) is 11.5. The second-order valence-electron chi connectivity index (χ2n) is 4.93. The second kappa shape index (κ2) is 5.14. The Bertz CT molecular complexity index is 354. The van der Waals surface area contributed by atoms with Gasteiger partial charge in [0.25, 0.3) is 0 Å². The molecule has 0 radical (unpaired) electrons. The maximum Gasteiger partial charge on any atom is 0.231 e. The molecule has 1 N–H and O–H groups in total. The van der Waals surface area contributed by atoms with Crippen molar-refractivity contribution in [3.05, 3.63) is 11.7 Å². The third-order valence-corrected chi connectivity index (χ3v) is 3.56. The molecule has 0 bridgehead atoms. The summed E-state index contributed by atoms with van der Waals surface area (Å²) in [6.45, 7) is 2.94. The standard InChI is InChI=1S/C12H19N3O2/c1-3-9(8-13-5-1)12-14-11(15-17-12)7-10-4-2-6-16-10/h9-10,13H,1-8H2/t9-,10?/m0/s1. The van der Waals surface area contributed by atoms with Crippen LogP contribution in [0.1, 0.15) is 43.3 Å². The van der Waals surface area contributed by atoms with E-state index in [1.54, 1.807) is 0 Å². The molecule has 5 nitrogen and oxygen atoms in total. The van der Waals surface area contributed by atoms with Gasteiger partial charge in [0, 0.05) is 19.6 Å². The highest BCUT2D eigenvalue weighted by Gasteiger charge is 2.23. The third-order valence-electron chi connectivity index (χ3n) is 3.56. The molecule has 2 atom stereocenters. The highest BCUT2D eigenvalue weighted by atomic mass is 16.5. The Morgan fingerprint density at radius 2 is 2.29 bits per heavy atom. The van der Waals surface area contributed by atoms with Crippen LogP contribution in [-0.4, -0.2) is 35.9 Å². The van der Waals surface area contributed by atoms with Crippen LogP contribution >= 0.6 is 0 Å². The van der Waals surface area contributed by atoms with E-state index in [0.29, 0.717) is 12.0 Å². The largest absolute Gasteiger partial charge is 0.378 e. The van der Waals surface area contributed by atoms with Crippen LogP contribution < -0.4 is 5.32 Å². The topological polar surface area (TPSA) is 60.2 Å². The summed E-state index contributed by atoms with van der Waals surface area (Å²) in [5.74, 6) is 2.00. The van der Waals surface area contributed by atoms with Gasteiger partial charge in [-0.2, -0.15) is 4.98 Å². The predicted octanol–water partition coefficient (Wildman–Crippen LogP) is 1.26. The first-order chi connectivity index (χ1) is 8.42. The number of hydrogen-bond acceptors (Lipinski definition) is 5. The number of aromatic nitrogens is 2. The Morgan fingerprint density at radius 3 is 3.06 bits per heavy atom. The number of nitrogens with zero attached hydrogens (tertiary/aromatic N) is 2. The number of nitrogens with one attached hydrogen (secondary N) is 1. The fraction of sp³-hybridized carbons (Fsp3) is 0.833. The molecule has 0 amide bonds. The summed E-state index contributed by atoms with van der Waals surface area (Å²) in [5.41, 5.74) is 0. The second-order valence-corrected chi connectivity index (χ2v) is 4.93. The van der Waals surface area contributed by atoms with Crippen molar-refractivity contribution >= 4 is 0 Å². The molecule has 0 aliphatic carbocycles. The van der Waals surface area contributed by atoms with Gasteiger partial charge in [0.1, 0.15) is 0 Å². The lowest BCUT2D eigenvalue weighted by molar-refractivity contribution is 0.109. The zero-order valence-corrected chi connectivity index (χ0v) is 10.0. The van der Waals surface area contributed by atoms with E-state index in [0.717, 1.165) is 57.1 Å². The van der Waals surface area contributed by atoms with Gasteiger partial charge in [-0.1, -0.05) is 5.16 Å².